The number of rotatable bonds is 3. The Morgan fingerprint density at radius 1 is 1.28 bits per heavy atom. The predicted octanol–water partition coefficient (Wildman–Crippen LogP) is 3.89. The summed E-state index contributed by atoms with van der Waals surface area (Å²) in [5, 5.41) is 9.24. The second-order valence-corrected chi connectivity index (χ2v) is 4.85. The molecule has 0 heterocycles. The van der Waals surface area contributed by atoms with Crippen molar-refractivity contribution in [3.8, 4) is 0 Å². The van der Waals surface area contributed by atoms with E-state index < -0.39 is 11.9 Å². The first-order valence-electron chi connectivity index (χ1n) is 6.43. The maximum Gasteiger partial charge on any atom is 0.411 e. The van der Waals surface area contributed by atoms with Gasteiger partial charge in [0.05, 0.1) is 5.69 Å². The molecule has 0 spiro atoms. The minimum atomic E-state index is -1.08. The van der Waals surface area contributed by atoms with E-state index in [0.717, 1.165) is 30.6 Å². The third kappa shape index (κ3) is 3.00. The Morgan fingerprint density at radius 3 is 2.56 bits per heavy atom. The molecule has 1 N–H and O–H groups in total. The van der Waals surface area contributed by atoms with Crippen molar-refractivity contribution in [2.45, 2.75) is 32.1 Å². The summed E-state index contributed by atoms with van der Waals surface area (Å²) in [6, 6.07) is 6.05. The van der Waals surface area contributed by atoms with Gasteiger partial charge in [0.1, 0.15) is 5.82 Å². The highest BCUT2D eigenvalue weighted by atomic mass is 19.1. The van der Waals surface area contributed by atoms with E-state index in [1.807, 2.05) is 0 Å². The van der Waals surface area contributed by atoms with Gasteiger partial charge in [-0.1, -0.05) is 31.4 Å². The maximum absolute atomic E-state index is 13.6. The number of hydrogen-bond donors (Lipinski definition) is 1. The quantitative estimate of drug-likeness (QED) is 0.885. The second kappa shape index (κ2) is 5.85. The van der Waals surface area contributed by atoms with Crippen molar-refractivity contribution in [3.05, 3.63) is 30.1 Å². The largest absolute Gasteiger partial charge is 0.465 e. The summed E-state index contributed by atoms with van der Waals surface area (Å²) in [5.74, 6) is -0.120. The van der Waals surface area contributed by atoms with Gasteiger partial charge in [-0.3, -0.25) is 4.90 Å². The van der Waals surface area contributed by atoms with Crippen molar-refractivity contribution in [1.82, 2.24) is 0 Å². The van der Waals surface area contributed by atoms with Crippen LogP contribution in [0.15, 0.2) is 24.3 Å². The smallest absolute Gasteiger partial charge is 0.411 e. The molecule has 1 saturated carbocycles. The maximum atomic E-state index is 13.6. The number of nitrogens with zero attached hydrogens (tertiary/aromatic N) is 1. The van der Waals surface area contributed by atoms with E-state index in [2.05, 4.69) is 0 Å². The summed E-state index contributed by atoms with van der Waals surface area (Å²) in [6.45, 7) is 0.399. The summed E-state index contributed by atoms with van der Waals surface area (Å²) in [7, 11) is 0. The molecule has 1 aromatic rings. The van der Waals surface area contributed by atoms with Crippen molar-refractivity contribution in [2.24, 2.45) is 5.92 Å². The first-order chi connectivity index (χ1) is 8.68. The Bertz CT molecular complexity index is 416. The van der Waals surface area contributed by atoms with Gasteiger partial charge in [-0.05, 0) is 30.9 Å². The van der Waals surface area contributed by atoms with Crippen LogP contribution in [0.4, 0.5) is 14.9 Å². The molecule has 2 rings (SSSR count). The molecule has 1 aliphatic rings. The van der Waals surface area contributed by atoms with E-state index in [0.29, 0.717) is 12.5 Å². The predicted molar refractivity (Wildman–Crippen MR) is 68.3 cm³/mol. The topological polar surface area (TPSA) is 40.5 Å². The van der Waals surface area contributed by atoms with Crippen molar-refractivity contribution >= 4 is 11.8 Å². The van der Waals surface area contributed by atoms with Gasteiger partial charge in [0, 0.05) is 6.54 Å². The third-order valence-electron chi connectivity index (χ3n) is 3.54. The first-order valence-corrected chi connectivity index (χ1v) is 6.43. The average molecular weight is 251 g/mol. The molecule has 0 atom stereocenters. The lowest BCUT2D eigenvalue weighted by Crippen LogP contribution is -2.35. The van der Waals surface area contributed by atoms with Gasteiger partial charge < -0.3 is 5.11 Å². The zero-order valence-corrected chi connectivity index (χ0v) is 10.3. The highest BCUT2D eigenvalue weighted by molar-refractivity contribution is 5.86. The Labute approximate surface area is 106 Å². The second-order valence-electron chi connectivity index (χ2n) is 4.85. The van der Waals surface area contributed by atoms with Gasteiger partial charge in [-0.15, -0.1) is 0 Å². The standard InChI is InChI=1S/C14H18FNO2/c15-12-8-4-5-9-13(12)16(14(17)18)10-11-6-2-1-3-7-11/h4-5,8-9,11H,1-3,6-7,10H2,(H,17,18). The number of anilines is 1. The third-order valence-corrected chi connectivity index (χ3v) is 3.54. The average Bonchev–Trinajstić information content (AvgIpc) is 2.38. The van der Waals surface area contributed by atoms with Crippen molar-refractivity contribution < 1.29 is 14.3 Å². The van der Waals surface area contributed by atoms with Crippen LogP contribution in [-0.2, 0) is 0 Å². The van der Waals surface area contributed by atoms with Crippen molar-refractivity contribution in [3.63, 3.8) is 0 Å². The molecule has 1 aliphatic carbocycles. The van der Waals surface area contributed by atoms with Crippen LogP contribution in [0.2, 0.25) is 0 Å². The molecule has 0 bridgehead atoms. The zero-order valence-electron chi connectivity index (χ0n) is 10.3. The van der Waals surface area contributed by atoms with E-state index in [1.54, 1.807) is 12.1 Å². The van der Waals surface area contributed by atoms with Crippen molar-refractivity contribution in [1.29, 1.82) is 0 Å². The minimum Gasteiger partial charge on any atom is -0.465 e. The SMILES string of the molecule is O=C(O)N(CC1CCCCC1)c1ccccc1F. The van der Waals surface area contributed by atoms with Gasteiger partial charge in [0.15, 0.2) is 0 Å². The van der Waals surface area contributed by atoms with Gasteiger partial charge in [0.2, 0.25) is 0 Å². The molecule has 1 amide bonds. The number of halogens is 1. The highest BCUT2D eigenvalue weighted by Gasteiger charge is 2.23. The molecule has 0 unspecified atom stereocenters. The van der Waals surface area contributed by atoms with E-state index >= 15 is 0 Å². The number of carbonyl (C=O) groups is 1. The fraction of sp³-hybridized carbons (Fsp3) is 0.500. The molecular formula is C14H18FNO2. The van der Waals surface area contributed by atoms with E-state index in [9.17, 15) is 14.3 Å². The summed E-state index contributed by atoms with van der Waals surface area (Å²) in [4.78, 5) is 12.4. The normalized spacial score (nSPS) is 16.5. The van der Waals surface area contributed by atoms with Crippen LogP contribution in [0.1, 0.15) is 32.1 Å². The lowest BCUT2D eigenvalue weighted by Gasteiger charge is -2.28. The Morgan fingerprint density at radius 2 is 1.94 bits per heavy atom. The molecule has 98 valence electrons. The lowest BCUT2D eigenvalue weighted by molar-refractivity contribution is 0.198. The van der Waals surface area contributed by atoms with Crippen LogP contribution in [-0.4, -0.2) is 17.7 Å². The van der Waals surface area contributed by atoms with E-state index in [4.69, 9.17) is 0 Å². The number of hydrogen-bond acceptors (Lipinski definition) is 1. The summed E-state index contributed by atoms with van der Waals surface area (Å²) >= 11 is 0. The lowest BCUT2D eigenvalue weighted by atomic mass is 9.89. The Kier molecular flexibility index (Phi) is 4.18. The zero-order chi connectivity index (χ0) is 13.0. The van der Waals surface area contributed by atoms with Crippen LogP contribution in [0.3, 0.4) is 0 Å². The highest BCUT2D eigenvalue weighted by Crippen LogP contribution is 2.27. The van der Waals surface area contributed by atoms with Crippen LogP contribution < -0.4 is 4.90 Å². The number of para-hydroxylation sites is 1. The van der Waals surface area contributed by atoms with Crippen LogP contribution >= 0.6 is 0 Å². The van der Waals surface area contributed by atoms with E-state index in [1.165, 1.54) is 18.6 Å². The monoisotopic (exact) mass is 251 g/mol. The van der Waals surface area contributed by atoms with Gasteiger partial charge in [-0.25, -0.2) is 9.18 Å². The van der Waals surface area contributed by atoms with E-state index in [-0.39, 0.29) is 5.69 Å². The van der Waals surface area contributed by atoms with Gasteiger partial charge in [0.25, 0.3) is 0 Å². The first kappa shape index (κ1) is 12.9. The van der Waals surface area contributed by atoms with Gasteiger partial charge in [-0.2, -0.15) is 0 Å². The fourth-order valence-corrected chi connectivity index (χ4v) is 2.58. The molecule has 0 radical (unpaired) electrons. The molecule has 0 aromatic heterocycles. The molecule has 3 nitrogen and oxygen atoms in total. The molecule has 4 heteroatoms. The van der Waals surface area contributed by atoms with Crippen molar-refractivity contribution in [2.75, 3.05) is 11.4 Å². The van der Waals surface area contributed by atoms with Crippen LogP contribution in [0.5, 0.6) is 0 Å². The Hall–Kier alpha value is -1.58. The molecule has 18 heavy (non-hydrogen) atoms. The van der Waals surface area contributed by atoms with Crippen LogP contribution in [0, 0.1) is 11.7 Å². The summed E-state index contributed by atoms with van der Waals surface area (Å²) in [6.07, 6.45) is 4.52. The molecule has 1 aromatic carbocycles. The molecule has 0 saturated heterocycles. The number of carboxylic acid groups (broad SMARTS) is 1. The molecular weight excluding hydrogens is 233 g/mol. The van der Waals surface area contributed by atoms with Crippen LogP contribution in [0.25, 0.3) is 0 Å². The minimum absolute atomic E-state index is 0.163. The number of benzene rings is 1. The molecule has 1 fully saturated rings. The fourth-order valence-electron chi connectivity index (χ4n) is 2.58. The Balaban J connectivity index is 2.13. The summed E-state index contributed by atoms with van der Waals surface area (Å²) < 4.78 is 13.6. The summed E-state index contributed by atoms with van der Waals surface area (Å²) in [5.41, 5.74) is 0.163. The number of amides is 1. The molecule has 0 aliphatic heterocycles. The van der Waals surface area contributed by atoms with Gasteiger partial charge >= 0.3 is 6.09 Å².